The maximum Gasteiger partial charge on any atom is -0.00848 e. The largest absolute Gasteiger partial charge is 0.0990 e. The second kappa shape index (κ2) is 14.0. The molecule has 0 rings (SSSR count). The summed E-state index contributed by atoms with van der Waals surface area (Å²) in [4.78, 5) is 0. The number of rotatable bonds is 6. The summed E-state index contributed by atoms with van der Waals surface area (Å²) < 4.78 is 0. The Morgan fingerprint density at radius 1 is 1.22 bits per heavy atom. The molecule has 0 radical (unpaired) electrons. The van der Waals surface area contributed by atoms with E-state index in [2.05, 4.69) is 61.2 Å². The molecule has 0 aromatic rings. The molecule has 1 heteroatoms. The minimum Gasteiger partial charge on any atom is -0.0990 e. The van der Waals surface area contributed by atoms with Gasteiger partial charge >= 0.3 is 0 Å². The van der Waals surface area contributed by atoms with Gasteiger partial charge in [-0.15, -0.1) is 0 Å². The van der Waals surface area contributed by atoms with Crippen LogP contribution in [0.3, 0.4) is 0 Å². The molecular weight excluding hydrogens is 284 g/mol. The molecule has 18 heavy (non-hydrogen) atoms. The van der Waals surface area contributed by atoms with Crippen molar-refractivity contribution in [2.75, 3.05) is 5.83 Å². The third-order valence-electron chi connectivity index (χ3n) is 2.19. The molecule has 0 atom stereocenters. The molecule has 0 aromatic carbocycles. The van der Waals surface area contributed by atoms with E-state index < -0.39 is 0 Å². The number of hydrogen-bond acceptors (Lipinski definition) is 0. The standard InChI is InChI=1S/C16H22.CH3Br/c1-6-9-12-14(4)15(5)16(11-8-3)13-10-7-2;1-2/h6,8-13H,3,5,7H2,1-2,4H3;1H3/b9-6-,13-10-,14-12-,16-11+;. The molecule has 100 valence electrons. The Morgan fingerprint density at radius 3 is 2.28 bits per heavy atom. The lowest BCUT2D eigenvalue weighted by Gasteiger charge is -2.06. The first-order valence-electron chi connectivity index (χ1n) is 6.03. The molecule has 0 N–H and O–H groups in total. The van der Waals surface area contributed by atoms with E-state index in [1.807, 2.05) is 31.0 Å². The maximum absolute atomic E-state index is 4.11. The summed E-state index contributed by atoms with van der Waals surface area (Å²) in [5.41, 5.74) is 3.34. The van der Waals surface area contributed by atoms with E-state index in [4.69, 9.17) is 0 Å². The first-order valence-corrected chi connectivity index (χ1v) is 7.62. The molecule has 0 aromatic heterocycles. The summed E-state index contributed by atoms with van der Waals surface area (Å²) in [6, 6.07) is 0. The van der Waals surface area contributed by atoms with Crippen molar-refractivity contribution in [2.24, 2.45) is 0 Å². The predicted octanol–water partition coefficient (Wildman–Crippen LogP) is 6.15. The number of halogens is 1. The number of hydrogen-bond donors (Lipinski definition) is 0. The van der Waals surface area contributed by atoms with Crippen molar-refractivity contribution in [3.63, 3.8) is 0 Å². The Bertz CT molecular complexity index is 352. The van der Waals surface area contributed by atoms with Gasteiger partial charge in [-0.05, 0) is 42.8 Å². The van der Waals surface area contributed by atoms with Gasteiger partial charge in [-0.25, -0.2) is 0 Å². The minimum absolute atomic E-state index is 1.03. The second-order valence-electron chi connectivity index (χ2n) is 3.52. The zero-order valence-corrected chi connectivity index (χ0v) is 13.6. The van der Waals surface area contributed by atoms with Crippen LogP contribution in [0.5, 0.6) is 0 Å². The zero-order chi connectivity index (χ0) is 14.4. The highest BCUT2D eigenvalue weighted by molar-refractivity contribution is 9.08. The SMILES string of the molecule is C=C/C=C(\C=C/CC)C(=C)/C(C)=C\C=C/C.CBr. The molecule has 0 aliphatic carbocycles. The Hall–Kier alpha value is -1.08. The van der Waals surface area contributed by atoms with Crippen LogP contribution in [0.4, 0.5) is 0 Å². The minimum atomic E-state index is 1.03. The van der Waals surface area contributed by atoms with Crippen LogP contribution in [-0.2, 0) is 0 Å². The van der Waals surface area contributed by atoms with Crippen LogP contribution in [0.1, 0.15) is 27.2 Å². The Labute approximate surface area is 121 Å². The Kier molecular flexibility index (Phi) is 15.0. The zero-order valence-electron chi connectivity index (χ0n) is 12.0. The summed E-state index contributed by atoms with van der Waals surface area (Å²) in [5.74, 6) is 1.81. The quantitative estimate of drug-likeness (QED) is 0.407. The van der Waals surface area contributed by atoms with Gasteiger partial charge in [0, 0.05) is 0 Å². The lowest BCUT2D eigenvalue weighted by Crippen LogP contribution is -1.87. The fourth-order valence-corrected chi connectivity index (χ4v) is 1.20. The van der Waals surface area contributed by atoms with Crippen LogP contribution in [0.15, 0.2) is 72.4 Å². The van der Waals surface area contributed by atoms with Gasteiger partial charge in [0.2, 0.25) is 0 Å². The molecule has 0 spiro atoms. The van der Waals surface area contributed by atoms with Gasteiger partial charge in [-0.2, -0.15) is 0 Å². The lowest BCUT2D eigenvalue weighted by molar-refractivity contribution is 1.22. The van der Waals surface area contributed by atoms with Crippen molar-refractivity contribution < 1.29 is 0 Å². The molecule has 0 fully saturated rings. The normalized spacial score (nSPS) is 12.5. The van der Waals surface area contributed by atoms with Crippen molar-refractivity contribution in [1.82, 2.24) is 0 Å². The van der Waals surface area contributed by atoms with Gasteiger partial charge in [0.15, 0.2) is 0 Å². The van der Waals surface area contributed by atoms with Gasteiger partial charge in [0.25, 0.3) is 0 Å². The van der Waals surface area contributed by atoms with Crippen molar-refractivity contribution in [3.8, 4) is 0 Å². The van der Waals surface area contributed by atoms with Crippen molar-refractivity contribution in [1.29, 1.82) is 0 Å². The van der Waals surface area contributed by atoms with Gasteiger partial charge in [-0.3, -0.25) is 0 Å². The smallest absolute Gasteiger partial charge is 0.00848 e. The van der Waals surface area contributed by atoms with E-state index in [1.54, 1.807) is 6.08 Å². The van der Waals surface area contributed by atoms with Crippen LogP contribution in [0.25, 0.3) is 0 Å². The van der Waals surface area contributed by atoms with Crippen molar-refractivity contribution in [3.05, 3.63) is 72.4 Å². The average molecular weight is 309 g/mol. The Morgan fingerprint density at radius 2 is 1.83 bits per heavy atom. The highest BCUT2D eigenvalue weighted by Crippen LogP contribution is 2.18. The van der Waals surface area contributed by atoms with Crippen LogP contribution in [0.2, 0.25) is 0 Å². The molecule has 0 aliphatic heterocycles. The summed E-state index contributed by atoms with van der Waals surface area (Å²) in [7, 11) is 0. The van der Waals surface area contributed by atoms with Crippen LogP contribution in [-0.4, -0.2) is 5.83 Å². The van der Waals surface area contributed by atoms with Gasteiger partial charge in [0.1, 0.15) is 0 Å². The predicted molar refractivity (Wildman–Crippen MR) is 90.3 cm³/mol. The lowest BCUT2D eigenvalue weighted by atomic mass is 9.99. The third-order valence-corrected chi connectivity index (χ3v) is 2.19. The topological polar surface area (TPSA) is 0 Å². The molecule has 0 aliphatic rings. The second-order valence-corrected chi connectivity index (χ2v) is 3.52. The van der Waals surface area contributed by atoms with Crippen molar-refractivity contribution in [2.45, 2.75) is 27.2 Å². The summed E-state index contributed by atoms with van der Waals surface area (Å²) in [6.45, 7) is 14.0. The van der Waals surface area contributed by atoms with Crippen molar-refractivity contribution >= 4 is 15.9 Å². The summed E-state index contributed by atoms with van der Waals surface area (Å²) in [6.07, 6.45) is 15.1. The fraction of sp³-hybridized carbons (Fsp3) is 0.294. The van der Waals surface area contributed by atoms with Crippen LogP contribution < -0.4 is 0 Å². The van der Waals surface area contributed by atoms with E-state index >= 15 is 0 Å². The number of allylic oxidation sites excluding steroid dienone is 10. The van der Waals surface area contributed by atoms with Gasteiger partial charge in [-0.1, -0.05) is 78.5 Å². The third kappa shape index (κ3) is 9.00. The Balaban J connectivity index is 0. The monoisotopic (exact) mass is 308 g/mol. The van der Waals surface area contributed by atoms with E-state index in [1.165, 1.54) is 5.57 Å². The van der Waals surface area contributed by atoms with Crippen LogP contribution >= 0.6 is 15.9 Å². The molecule has 0 nitrogen and oxygen atoms in total. The summed E-state index contributed by atoms with van der Waals surface area (Å²) >= 11 is 2.94. The molecule has 0 amide bonds. The fourth-order valence-electron chi connectivity index (χ4n) is 1.20. The van der Waals surface area contributed by atoms with E-state index in [0.717, 1.165) is 17.6 Å². The van der Waals surface area contributed by atoms with Gasteiger partial charge < -0.3 is 0 Å². The molecule has 0 heterocycles. The highest BCUT2D eigenvalue weighted by Gasteiger charge is 1.99. The molecule has 0 bridgehead atoms. The molecule has 0 saturated carbocycles. The first-order chi connectivity index (χ1) is 8.67. The first kappa shape index (κ1) is 19.3. The molecular formula is C17H25Br. The number of alkyl halides is 1. The highest BCUT2D eigenvalue weighted by atomic mass is 79.9. The van der Waals surface area contributed by atoms with E-state index in [9.17, 15) is 0 Å². The van der Waals surface area contributed by atoms with E-state index in [-0.39, 0.29) is 0 Å². The average Bonchev–Trinajstić information content (AvgIpc) is 2.42. The summed E-state index contributed by atoms with van der Waals surface area (Å²) in [5, 5.41) is 0. The molecule has 0 saturated heterocycles. The molecule has 0 unspecified atom stereocenters. The van der Waals surface area contributed by atoms with Crippen LogP contribution in [0, 0.1) is 0 Å². The maximum atomic E-state index is 4.11. The van der Waals surface area contributed by atoms with Gasteiger partial charge in [0.05, 0.1) is 0 Å². The van der Waals surface area contributed by atoms with E-state index in [0.29, 0.717) is 0 Å².